The molecule has 0 aliphatic carbocycles. The summed E-state index contributed by atoms with van der Waals surface area (Å²) >= 11 is 0. The second-order valence-electron chi connectivity index (χ2n) is 4.80. The second kappa shape index (κ2) is 5.80. The molecule has 0 saturated carbocycles. The highest BCUT2D eigenvalue weighted by Gasteiger charge is 2.38. The highest BCUT2D eigenvalue weighted by Crippen LogP contribution is 2.21. The van der Waals surface area contributed by atoms with Gasteiger partial charge in [0.25, 0.3) is 5.91 Å². The Labute approximate surface area is 103 Å². The molecule has 2 N–H and O–H groups in total. The Kier molecular flexibility index (Phi) is 4.91. The predicted molar refractivity (Wildman–Crippen MR) is 65.7 cm³/mol. The molecule has 5 nitrogen and oxygen atoms in total. The molecule has 3 unspecified atom stereocenters. The van der Waals surface area contributed by atoms with E-state index >= 15 is 0 Å². The molecule has 0 aromatic rings. The van der Waals surface area contributed by atoms with Gasteiger partial charge in [0.2, 0.25) is 0 Å². The predicted octanol–water partition coefficient (Wildman–Crippen LogP) is 0.376. The van der Waals surface area contributed by atoms with Gasteiger partial charge in [0.05, 0.1) is 12.2 Å². The van der Waals surface area contributed by atoms with Crippen LogP contribution in [-0.4, -0.2) is 55.4 Å². The third-order valence-corrected chi connectivity index (χ3v) is 3.45. The summed E-state index contributed by atoms with van der Waals surface area (Å²) in [5.74, 6) is 0.0242. The molecular weight excluding hydrogens is 220 g/mol. The van der Waals surface area contributed by atoms with Crippen molar-refractivity contribution in [3.05, 3.63) is 0 Å². The molecule has 1 amide bonds. The van der Waals surface area contributed by atoms with Crippen molar-refractivity contribution in [1.82, 2.24) is 4.90 Å². The minimum absolute atomic E-state index is 0.0242. The van der Waals surface area contributed by atoms with Gasteiger partial charge in [0, 0.05) is 26.7 Å². The van der Waals surface area contributed by atoms with Crippen LogP contribution >= 0.6 is 0 Å². The average Bonchev–Trinajstić information content (AvgIpc) is 2.36. The fraction of sp³-hybridized carbons (Fsp3) is 0.917. The zero-order chi connectivity index (χ0) is 13.1. The summed E-state index contributed by atoms with van der Waals surface area (Å²) in [5, 5.41) is 0. The van der Waals surface area contributed by atoms with Gasteiger partial charge in [-0.3, -0.25) is 4.79 Å². The number of carbonyl (C=O) groups is 1. The summed E-state index contributed by atoms with van der Waals surface area (Å²) in [6, 6.07) is 0. The second-order valence-corrected chi connectivity index (χ2v) is 4.80. The Morgan fingerprint density at radius 3 is 2.71 bits per heavy atom. The van der Waals surface area contributed by atoms with E-state index in [9.17, 15) is 4.79 Å². The Balaban J connectivity index is 2.74. The van der Waals surface area contributed by atoms with Gasteiger partial charge in [-0.15, -0.1) is 0 Å². The maximum Gasteiger partial charge on any atom is 0.254 e. The maximum atomic E-state index is 12.4. The van der Waals surface area contributed by atoms with Crippen LogP contribution in [0.1, 0.15) is 27.2 Å². The first-order chi connectivity index (χ1) is 7.96. The number of rotatable bonds is 4. The van der Waals surface area contributed by atoms with E-state index in [4.69, 9.17) is 15.2 Å². The first-order valence-corrected chi connectivity index (χ1v) is 6.16. The summed E-state index contributed by atoms with van der Waals surface area (Å²) < 4.78 is 11.0. The molecule has 5 heteroatoms. The van der Waals surface area contributed by atoms with E-state index in [1.807, 2.05) is 20.8 Å². The molecule has 1 heterocycles. The number of hydrogen-bond acceptors (Lipinski definition) is 4. The summed E-state index contributed by atoms with van der Waals surface area (Å²) in [6.07, 6.45) is 0.612. The highest BCUT2D eigenvalue weighted by atomic mass is 16.5. The molecular formula is C12H24N2O3. The van der Waals surface area contributed by atoms with E-state index in [2.05, 4.69) is 0 Å². The number of methoxy groups -OCH3 is 1. The lowest BCUT2D eigenvalue weighted by molar-refractivity contribution is -0.164. The number of morpholine rings is 1. The summed E-state index contributed by atoms with van der Waals surface area (Å²) in [4.78, 5) is 14.2. The van der Waals surface area contributed by atoms with Crippen LogP contribution < -0.4 is 5.73 Å². The van der Waals surface area contributed by atoms with Gasteiger partial charge in [-0.1, -0.05) is 6.92 Å². The molecule has 0 aromatic carbocycles. The van der Waals surface area contributed by atoms with Gasteiger partial charge >= 0.3 is 0 Å². The normalized spacial score (nSPS) is 28.9. The number of ether oxygens (including phenoxy) is 2. The lowest BCUT2D eigenvalue weighted by atomic mass is 10.0. The first-order valence-electron chi connectivity index (χ1n) is 6.16. The summed E-state index contributed by atoms with van der Waals surface area (Å²) in [7, 11) is 1.58. The van der Waals surface area contributed by atoms with Crippen molar-refractivity contribution in [3.63, 3.8) is 0 Å². The van der Waals surface area contributed by atoms with Crippen molar-refractivity contribution in [3.8, 4) is 0 Å². The zero-order valence-electron chi connectivity index (χ0n) is 11.2. The van der Waals surface area contributed by atoms with Gasteiger partial charge in [-0.25, -0.2) is 0 Å². The van der Waals surface area contributed by atoms with E-state index in [-0.39, 0.29) is 18.1 Å². The van der Waals surface area contributed by atoms with Crippen LogP contribution in [0.2, 0.25) is 0 Å². The molecule has 0 spiro atoms. The van der Waals surface area contributed by atoms with Gasteiger partial charge < -0.3 is 20.1 Å². The fourth-order valence-corrected chi connectivity index (χ4v) is 2.06. The molecule has 17 heavy (non-hydrogen) atoms. The lowest BCUT2D eigenvalue weighted by Crippen LogP contribution is -2.57. The monoisotopic (exact) mass is 244 g/mol. The van der Waals surface area contributed by atoms with E-state index in [1.54, 1.807) is 12.0 Å². The smallest absolute Gasteiger partial charge is 0.254 e. The molecule has 1 aliphatic heterocycles. The maximum absolute atomic E-state index is 12.4. The third-order valence-electron chi connectivity index (χ3n) is 3.45. The fourth-order valence-electron chi connectivity index (χ4n) is 2.06. The minimum atomic E-state index is -0.740. The van der Waals surface area contributed by atoms with E-state index in [0.717, 1.165) is 0 Å². The van der Waals surface area contributed by atoms with Crippen LogP contribution in [0.3, 0.4) is 0 Å². The van der Waals surface area contributed by atoms with Crippen molar-refractivity contribution in [2.24, 2.45) is 5.73 Å². The molecule has 1 aliphatic rings. The minimum Gasteiger partial charge on any atom is -0.370 e. The SMILES string of the molecule is CCC(C)(OC)C(=O)N1CC(C)OC(CN)C1. The number of nitrogens with two attached hydrogens (primary N) is 1. The van der Waals surface area contributed by atoms with Crippen LogP contribution in [0.25, 0.3) is 0 Å². The Hall–Kier alpha value is -0.650. The number of nitrogens with zero attached hydrogens (tertiary/aromatic N) is 1. The highest BCUT2D eigenvalue weighted by molar-refractivity contribution is 5.85. The van der Waals surface area contributed by atoms with Crippen molar-refractivity contribution >= 4 is 5.91 Å². The van der Waals surface area contributed by atoms with Crippen molar-refractivity contribution in [2.75, 3.05) is 26.7 Å². The third kappa shape index (κ3) is 3.18. The molecule has 3 atom stereocenters. The topological polar surface area (TPSA) is 64.8 Å². The summed E-state index contributed by atoms with van der Waals surface area (Å²) in [6.45, 7) is 7.33. The van der Waals surface area contributed by atoms with Crippen molar-refractivity contribution in [2.45, 2.75) is 45.0 Å². The molecule has 0 radical (unpaired) electrons. The van der Waals surface area contributed by atoms with Crippen molar-refractivity contribution < 1.29 is 14.3 Å². The van der Waals surface area contributed by atoms with Crippen LogP contribution in [0.5, 0.6) is 0 Å². The van der Waals surface area contributed by atoms with Gasteiger partial charge in [0.1, 0.15) is 5.60 Å². The number of amides is 1. The molecule has 0 bridgehead atoms. The van der Waals surface area contributed by atoms with Crippen molar-refractivity contribution in [1.29, 1.82) is 0 Å². The molecule has 100 valence electrons. The Bertz CT molecular complexity index is 266. The zero-order valence-corrected chi connectivity index (χ0v) is 11.2. The first kappa shape index (κ1) is 14.4. The Morgan fingerprint density at radius 1 is 1.59 bits per heavy atom. The largest absolute Gasteiger partial charge is 0.370 e. The van der Waals surface area contributed by atoms with Gasteiger partial charge in [-0.05, 0) is 20.3 Å². The van der Waals surface area contributed by atoms with Crippen LogP contribution in [0.15, 0.2) is 0 Å². The standard InChI is InChI=1S/C12H24N2O3/c1-5-12(3,16-4)11(15)14-7-9(2)17-10(6-13)8-14/h9-10H,5-8,13H2,1-4H3. The van der Waals surface area contributed by atoms with Crippen LogP contribution in [0.4, 0.5) is 0 Å². The quantitative estimate of drug-likeness (QED) is 0.776. The lowest BCUT2D eigenvalue weighted by Gasteiger charge is -2.40. The molecule has 1 fully saturated rings. The number of hydrogen-bond donors (Lipinski definition) is 1. The summed E-state index contributed by atoms with van der Waals surface area (Å²) in [5.41, 5.74) is 4.87. The van der Waals surface area contributed by atoms with Crippen LogP contribution in [-0.2, 0) is 14.3 Å². The molecule has 1 rings (SSSR count). The van der Waals surface area contributed by atoms with Gasteiger partial charge in [-0.2, -0.15) is 0 Å². The van der Waals surface area contributed by atoms with E-state index < -0.39 is 5.60 Å². The van der Waals surface area contributed by atoms with Crippen LogP contribution in [0, 0.1) is 0 Å². The van der Waals surface area contributed by atoms with E-state index in [1.165, 1.54) is 0 Å². The van der Waals surface area contributed by atoms with Gasteiger partial charge in [0.15, 0.2) is 0 Å². The average molecular weight is 244 g/mol. The molecule has 1 saturated heterocycles. The Morgan fingerprint density at radius 2 is 2.24 bits per heavy atom. The number of carbonyl (C=O) groups excluding carboxylic acids is 1. The van der Waals surface area contributed by atoms with E-state index in [0.29, 0.717) is 26.1 Å². The molecule has 0 aromatic heterocycles.